The largest absolute Gasteiger partial charge is 0.371 e. The summed E-state index contributed by atoms with van der Waals surface area (Å²) in [7, 11) is 0. The first-order chi connectivity index (χ1) is 9.54. The molecule has 4 heteroatoms. The maximum absolute atomic E-state index is 13.4. The molecule has 1 aromatic rings. The number of carbonyl (C=O) groups is 1. The number of carbonyl (C=O) groups excluding carboxylic acids is 1. The zero-order valence-electron chi connectivity index (χ0n) is 11.9. The summed E-state index contributed by atoms with van der Waals surface area (Å²) in [5, 5.41) is 0. The van der Waals surface area contributed by atoms with Gasteiger partial charge in [0, 0.05) is 24.3 Å². The summed E-state index contributed by atoms with van der Waals surface area (Å²) in [4.78, 5) is 13.9. The predicted molar refractivity (Wildman–Crippen MR) is 75.7 cm³/mol. The van der Waals surface area contributed by atoms with Crippen molar-refractivity contribution in [2.75, 3.05) is 18.0 Å². The van der Waals surface area contributed by atoms with Crippen molar-refractivity contribution in [1.82, 2.24) is 0 Å². The summed E-state index contributed by atoms with van der Waals surface area (Å²) in [6.45, 7) is 5.08. The van der Waals surface area contributed by atoms with Gasteiger partial charge in [-0.25, -0.2) is 4.39 Å². The van der Waals surface area contributed by atoms with Crippen molar-refractivity contribution < 1.29 is 13.9 Å². The van der Waals surface area contributed by atoms with Gasteiger partial charge in [-0.2, -0.15) is 0 Å². The molecule has 2 unspecified atom stereocenters. The average Bonchev–Trinajstić information content (AvgIpc) is 3.22. The average molecular weight is 277 g/mol. The van der Waals surface area contributed by atoms with Gasteiger partial charge < -0.3 is 9.64 Å². The van der Waals surface area contributed by atoms with Crippen molar-refractivity contribution in [2.24, 2.45) is 5.92 Å². The minimum atomic E-state index is -0.362. The normalized spacial score (nSPS) is 26.6. The highest BCUT2D eigenvalue weighted by Gasteiger charge is 2.37. The number of ether oxygens (including phenoxy) is 1. The van der Waals surface area contributed by atoms with Crippen LogP contribution in [0, 0.1) is 11.7 Å². The molecule has 1 aliphatic carbocycles. The van der Waals surface area contributed by atoms with Crippen LogP contribution >= 0.6 is 0 Å². The van der Waals surface area contributed by atoms with Gasteiger partial charge in [-0.3, -0.25) is 4.79 Å². The lowest BCUT2D eigenvalue weighted by atomic mass is 10.1. The second-order valence-electron chi connectivity index (χ2n) is 5.95. The fourth-order valence-corrected chi connectivity index (χ4v) is 2.98. The standard InChI is InChI=1S/C16H20FNO2/c1-10-8-18(9-16(20-10)12-3-4-12)15-6-5-13(17)7-14(15)11(2)19/h5-7,10,12,16H,3-4,8-9H2,1-2H3. The number of anilines is 1. The molecule has 1 aromatic carbocycles. The van der Waals surface area contributed by atoms with Crippen molar-refractivity contribution in [3.8, 4) is 0 Å². The molecule has 2 fully saturated rings. The summed E-state index contributed by atoms with van der Waals surface area (Å²) in [5.41, 5.74) is 1.30. The second-order valence-corrected chi connectivity index (χ2v) is 5.95. The predicted octanol–water partition coefficient (Wildman–Crippen LogP) is 3.03. The Bertz CT molecular complexity index is 527. The van der Waals surface area contributed by atoms with E-state index < -0.39 is 0 Å². The Kier molecular flexibility index (Phi) is 3.50. The Morgan fingerprint density at radius 1 is 1.35 bits per heavy atom. The molecule has 3 rings (SSSR count). The van der Waals surface area contributed by atoms with Crippen LogP contribution in [0.15, 0.2) is 18.2 Å². The van der Waals surface area contributed by atoms with Crippen LogP contribution in [0.5, 0.6) is 0 Å². The Morgan fingerprint density at radius 3 is 2.75 bits per heavy atom. The Balaban J connectivity index is 1.89. The molecule has 0 bridgehead atoms. The minimum absolute atomic E-state index is 0.0957. The highest BCUT2D eigenvalue weighted by atomic mass is 19.1. The molecule has 2 aliphatic rings. The molecule has 0 amide bonds. The first-order valence-electron chi connectivity index (χ1n) is 7.25. The molecular weight excluding hydrogens is 257 g/mol. The monoisotopic (exact) mass is 277 g/mol. The molecule has 1 saturated carbocycles. The number of morpholine rings is 1. The molecule has 20 heavy (non-hydrogen) atoms. The topological polar surface area (TPSA) is 29.5 Å². The van der Waals surface area contributed by atoms with Crippen LogP contribution < -0.4 is 4.90 Å². The lowest BCUT2D eigenvalue weighted by Gasteiger charge is -2.39. The van der Waals surface area contributed by atoms with Gasteiger partial charge in [0.05, 0.1) is 12.2 Å². The maximum atomic E-state index is 13.4. The van der Waals surface area contributed by atoms with Crippen molar-refractivity contribution in [3.63, 3.8) is 0 Å². The highest BCUT2D eigenvalue weighted by Crippen LogP contribution is 2.38. The van der Waals surface area contributed by atoms with E-state index in [-0.39, 0.29) is 23.8 Å². The number of hydrogen-bond acceptors (Lipinski definition) is 3. The number of halogens is 1. The van der Waals surface area contributed by atoms with Gasteiger partial charge >= 0.3 is 0 Å². The molecule has 3 nitrogen and oxygen atoms in total. The fourth-order valence-electron chi connectivity index (χ4n) is 2.98. The van der Waals surface area contributed by atoms with Gasteiger partial charge in [-0.15, -0.1) is 0 Å². The van der Waals surface area contributed by atoms with Crippen molar-refractivity contribution in [2.45, 2.75) is 38.9 Å². The van der Waals surface area contributed by atoms with E-state index in [0.717, 1.165) is 18.8 Å². The van der Waals surface area contributed by atoms with Crippen LogP contribution in [0.2, 0.25) is 0 Å². The first kappa shape index (κ1) is 13.6. The Hall–Kier alpha value is -1.42. The minimum Gasteiger partial charge on any atom is -0.371 e. The van der Waals surface area contributed by atoms with Gasteiger partial charge in [0.2, 0.25) is 0 Å². The molecular formula is C16H20FNO2. The molecule has 1 saturated heterocycles. The number of Topliss-reactive ketones (excluding diaryl/α,β-unsaturated/α-hetero) is 1. The fraction of sp³-hybridized carbons (Fsp3) is 0.562. The molecule has 0 spiro atoms. The third-order valence-corrected chi connectivity index (χ3v) is 4.11. The zero-order valence-corrected chi connectivity index (χ0v) is 11.9. The smallest absolute Gasteiger partial charge is 0.161 e. The van der Waals surface area contributed by atoms with Crippen LogP contribution in [-0.4, -0.2) is 31.1 Å². The van der Waals surface area contributed by atoms with E-state index in [1.165, 1.54) is 31.9 Å². The molecule has 108 valence electrons. The molecule has 0 aromatic heterocycles. The summed E-state index contributed by atoms with van der Waals surface area (Å²) in [5.74, 6) is 0.196. The Morgan fingerprint density at radius 2 is 2.10 bits per heavy atom. The first-order valence-corrected chi connectivity index (χ1v) is 7.25. The van der Waals surface area contributed by atoms with Crippen LogP contribution in [0.3, 0.4) is 0 Å². The van der Waals surface area contributed by atoms with Crippen molar-refractivity contribution >= 4 is 11.5 Å². The maximum Gasteiger partial charge on any atom is 0.161 e. The number of nitrogens with zero attached hydrogens (tertiary/aromatic N) is 1. The van der Waals surface area contributed by atoms with E-state index in [1.54, 1.807) is 6.07 Å². The van der Waals surface area contributed by atoms with E-state index >= 15 is 0 Å². The number of ketones is 1. The van der Waals surface area contributed by atoms with E-state index in [2.05, 4.69) is 11.8 Å². The van der Waals surface area contributed by atoms with E-state index in [0.29, 0.717) is 11.5 Å². The van der Waals surface area contributed by atoms with Crippen molar-refractivity contribution in [1.29, 1.82) is 0 Å². The summed E-state index contributed by atoms with van der Waals surface area (Å²) in [6.07, 6.45) is 2.84. The van der Waals surface area contributed by atoms with Crippen LogP contribution in [-0.2, 0) is 4.74 Å². The molecule has 1 heterocycles. The van der Waals surface area contributed by atoms with E-state index in [9.17, 15) is 9.18 Å². The van der Waals surface area contributed by atoms with Crippen LogP contribution in [0.1, 0.15) is 37.0 Å². The number of hydrogen-bond donors (Lipinski definition) is 0. The van der Waals surface area contributed by atoms with Gasteiger partial charge in [-0.05, 0) is 50.8 Å². The second kappa shape index (κ2) is 5.17. The van der Waals surface area contributed by atoms with Gasteiger partial charge in [-0.1, -0.05) is 0 Å². The summed E-state index contributed by atoms with van der Waals surface area (Å²) < 4.78 is 19.4. The van der Waals surface area contributed by atoms with Crippen LogP contribution in [0.4, 0.5) is 10.1 Å². The third-order valence-electron chi connectivity index (χ3n) is 4.11. The molecule has 1 aliphatic heterocycles. The van der Waals surface area contributed by atoms with E-state index in [4.69, 9.17) is 4.74 Å². The summed E-state index contributed by atoms with van der Waals surface area (Å²) in [6, 6.07) is 4.48. The quantitative estimate of drug-likeness (QED) is 0.795. The zero-order chi connectivity index (χ0) is 14.3. The van der Waals surface area contributed by atoms with Crippen molar-refractivity contribution in [3.05, 3.63) is 29.6 Å². The molecule has 2 atom stereocenters. The van der Waals surface area contributed by atoms with Gasteiger partial charge in [0.15, 0.2) is 5.78 Å². The molecule has 0 N–H and O–H groups in total. The van der Waals surface area contributed by atoms with Crippen LogP contribution in [0.25, 0.3) is 0 Å². The lowest BCUT2D eigenvalue weighted by Crippen LogP contribution is -2.48. The van der Waals surface area contributed by atoms with Gasteiger partial charge in [0.25, 0.3) is 0 Å². The number of benzene rings is 1. The molecule has 0 radical (unpaired) electrons. The Labute approximate surface area is 118 Å². The highest BCUT2D eigenvalue weighted by molar-refractivity contribution is 5.99. The summed E-state index contributed by atoms with van der Waals surface area (Å²) >= 11 is 0. The SMILES string of the molecule is CC(=O)c1cc(F)ccc1N1CC(C)OC(C2CC2)C1. The lowest BCUT2D eigenvalue weighted by molar-refractivity contribution is -0.0271. The van der Waals surface area contributed by atoms with E-state index in [1.807, 2.05) is 0 Å². The third kappa shape index (κ3) is 2.70. The van der Waals surface area contributed by atoms with Gasteiger partial charge in [0.1, 0.15) is 5.82 Å². The number of rotatable bonds is 3.